The molecule has 132 valence electrons. The average molecular weight is 350 g/mol. The Bertz CT molecular complexity index is 545. The number of nitrogens with one attached hydrogen (secondary N) is 2. The lowest BCUT2D eigenvalue weighted by Crippen LogP contribution is -2.34. The van der Waals surface area contributed by atoms with Crippen LogP contribution in [0.4, 0.5) is 5.69 Å². The summed E-state index contributed by atoms with van der Waals surface area (Å²) < 4.78 is 10.8. The second-order valence-electron chi connectivity index (χ2n) is 5.93. The lowest BCUT2D eigenvalue weighted by Gasteiger charge is -2.13. The van der Waals surface area contributed by atoms with Gasteiger partial charge in [0.1, 0.15) is 12.4 Å². The van der Waals surface area contributed by atoms with E-state index in [2.05, 4.69) is 10.6 Å². The van der Waals surface area contributed by atoms with Gasteiger partial charge in [0.05, 0.1) is 6.61 Å². The highest BCUT2D eigenvalue weighted by atomic mass is 32.1. The molecule has 0 atom stereocenters. The molecule has 0 saturated heterocycles. The molecule has 1 amide bonds. The second-order valence-corrected chi connectivity index (χ2v) is 6.34. The topological polar surface area (TPSA) is 59.6 Å². The maximum atomic E-state index is 12.0. The first-order chi connectivity index (χ1) is 11.7. The quantitative estimate of drug-likeness (QED) is 0.555. The predicted molar refractivity (Wildman–Crippen MR) is 99.4 cm³/mol. The first kappa shape index (κ1) is 18.7. The van der Waals surface area contributed by atoms with E-state index in [0.29, 0.717) is 37.3 Å². The van der Waals surface area contributed by atoms with Gasteiger partial charge in [-0.05, 0) is 50.0 Å². The number of benzene rings is 1. The van der Waals surface area contributed by atoms with E-state index in [0.717, 1.165) is 24.3 Å². The molecule has 0 spiro atoms. The lowest BCUT2D eigenvalue weighted by molar-refractivity contribution is -0.120. The van der Waals surface area contributed by atoms with Crippen LogP contribution in [0.15, 0.2) is 24.3 Å². The Morgan fingerprint density at radius 3 is 2.83 bits per heavy atom. The molecule has 1 aromatic rings. The van der Waals surface area contributed by atoms with Gasteiger partial charge >= 0.3 is 0 Å². The van der Waals surface area contributed by atoms with E-state index in [1.165, 1.54) is 12.8 Å². The fourth-order valence-corrected chi connectivity index (χ4v) is 3.07. The van der Waals surface area contributed by atoms with Gasteiger partial charge in [0.15, 0.2) is 5.11 Å². The molecule has 0 aromatic heterocycles. The van der Waals surface area contributed by atoms with E-state index in [1.54, 1.807) is 0 Å². The van der Waals surface area contributed by atoms with Crippen LogP contribution in [-0.2, 0) is 9.53 Å². The first-order valence-electron chi connectivity index (χ1n) is 8.59. The number of rotatable bonds is 8. The van der Waals surface area contributed by atoms with Crippen molar-refractivity contribution in [2.45, 2.75) is 39.0 Å². The van der Waals surface area contributed by atoms with Crippen LogP contribution in [0.25, 0.3) is 0 Å². The van der Waals surface area contributed by atoms with E-state index in [9.17, 15) is 4.79 Å². The number of anilines is 1. The molecule has 1 aliphatic rings. The summed E-state index contributed by atoms with van der Waals surface area (Å²) in [6.07, 6.45) is 5.32. The summed E-state index contributed by atoms with van der Waals surface area (Å²) in [5.74, 6) is 1.23. The monoisotopic (exact) mass is 350 g/mol. The molecular weight excluding hydrogens is 324 g/mol. The van der Waals surface area contributed by atoms with Crippen molar-refractivity contribution in [3.05, 3.63) is 24.3 Å². The third kappa shape index (κ3) is 6.84. The smallest absolute Gasteiger partial charge is 0.226 e. The number of ether oxygens (including phenoxy) is 2. The maximum absolute atomic E-state index is 12.0. The molecule has 0 aliphatic heterocycles. The third-order valence-electron chi connectivity index (χ3n) is 3.99. The standard InChI is InChI=1S/C18H26N2O3S/c1-2-22-10-11-23-16-9-5-8-15(13-16)19-18(24)20-17(21)12-14-6-3-4-7-14/h5,8-9,13-14H,2-4,6-7,10-12H2,1H3,(H2,19,20,21,24). The molecule has 0 bridgehead atoms. The molecular formula is C18H26N2O3S. The van der Waals surface area contributed by atoms with Gasteiger partial charge in [0.25, 0.3) is 0 Å². The Balaban J connectivity index is 1.75. The third-order valence-corrected chi connectivity index (χ3v) is 4.20. The molecule has 0 unspecified atom stereocenters. The fourth-order valence-electron chi connectivity index (χ4n) is 2.84. The molecule has 1 saturated carbocycles. The number of carbonyl (C=O) groups is 1. The molecule has 1 fully saturated rings. The first-order valence-corrected chi connectivity index (χ1v) is 8.99. The maximum Gasteiger partial charge on any atom is 0.226 e. The molecule has 6 heteroatoms. The molecule has 0 radical (unpaired) electrons. The normalized spacial score (nSPS) is 14.4. The van der Waals surface area contributed by atoms with Crippen LogP contribution >= 0.6 is 12.2 Å². The zero-order valence-electron chi connectivity index (χ0n) is 14.2. The summed E-state index contributed by atoms with van der Waals surface area (Å²) in [4.78, 5) is 12.0. The van der Waals surface area contributed by atoms with Crippen molar-refractivity contribution in [3.63, 3.8) is 0 Å². The van der Waals surface area contributed by atoms with Gasteiger partial charge in [-0.15, -0.1) is 0 Å². The SMILES string of the molecule is CCOCCOc1cccc(NC(=S)NC(=O)CC2CCCC2)c1. The van der Waals surface area contributed by atoms with E-state index in [1.807, 2.05) is 31.2 Å². The van der Waals surface area contributed by atoms with Crippen molar-refractivity contribution in [2.24, 2.45) is 5.92 Å². The number of amides is 1. The summed E-state index contributed by atoms with van der Waals surface area (Å²) in [5.41, 5.74) is 0.787. The van der Waals surface area contributed by atoms with Crippen molar-refractivity contribution in [3.8, 4) is 5.75 Å². The van der Waals surface area contributed by atoms with E-state index in [4.69, 9.17) is 21.7 Å². The van der Waals surface area contributed by atoms with Gasteiger partial charge in [-0.3, -0.25) is 4.79 Å². The van der Waals surface area contributed by atoms with E-state index in [-0.39, 0.29) is 5.91 Å². The highest BCUT2D eigenvalue weighted by Crippen LogP contribution is 2.27. The number of carbonyl (C=O) groups excluding carboxylic acids is 1. The average Bonchev–Trinajstić information content (AvgIpc) is 3.04. The zero-order valence-corrected chi connectivity index (χ0v) is 15.0. The molecule has 2 N–H and O–H groups in total. The molecule has 0 heterocycles. The van der Waals surface area contributed by atoms with Crippen LogP contribution in [-0.4, -0.2) is 30.8 Å². The van der Waals surface area contributed by atoms with Gasteiger partial charge in [0, 0.05) is 24.8 Å². The summed E-state index contributed by atoms with van der Waals surface area (Å²) in [7, 11) is 0. The predicted octanol–water partition coefficient (Wildman–Crippen LogP) is 3.50. The van der Waals surface area contributed by atoms with Gasteiger partial charge < -0.3 is 20.1 Å². The van der Waals surface area contributed by atoms with Crippen molar-refractivity contribution in [1.82, 2.24) is 5.32 Å². The fraction of sp³-hybridized carbons (Fsp3) is 0.556. The number of hydrogen-bond donors (Lipinski definition) is 2. The molecule has 24 heavy (non-hydrogen) atoms. The van der Waals surface area contributed by atoms with Crippen molar-refractivity contribution >= 4 is 28.9 Å². The van der Waals surface area contributed by atoms with Crippen LogP contribution in [0.3, 0.4) is 0 Å². The van der Waals surface area contributed by atoms with Gasteiger partial charge in [-0.2, -0.15) is 0 Å². The lowest BCUT2D eigenvalue weighted by atomic mass is 10.0. The Morgan fingerprint density at radius 2 is 2.08 bits per heavy atom. The van der Waals surface area contributed by atoms with Crippen LogP contribution in [0, 0.1) is 5.92 Å². The van der Waals surface area contributed by atoms with E-state index < -0.39 is 0 Å². The van der Waals surface area contributed by atoms with Crippen LogP contribution in [0.1, 0.15) is 39.0 Å². The highest BCUT2D eigenvalue weighted by molar-refractivity contribution is 7.80. The molecule has 1 aliphatic carbocycles. The molecule has 1 aromatic carbocycles. The van der Waals surface area contributed by atoms with E-state index >= 15 is 0 Å². The Kier molecular flexibility index (Phi) is 7.98. The van der Waals surface area contributed by atoms with Crippen LogP contribution in [0.2, 0.25) is 0 Å². The van der Waals surface area contributed by atoms with Crippen molar-refractivity contribution < 1.29 is 14.3 Å². The second kappa shape index (κ2) is 10.3. The Morgan fingerprint density at radius 1 is 1.29 bits per heavy atom. The summed E-state index contributed by atoms with van der Waals surface area (Å²) in [5, 5.41) is 6.11. The summed E-state index contributed by atoms with van der Waals surface area (Å²) in [6.45, 7) is 3.69. The highest BCUT2D eigenvalue weighted by Gasteiger charge is 2.18. The minimum Gasteiger partial charge on any atom is -0.491 e. The minimum atomic E-state index is -0.0106. The van der Waals surface area contributed by atoms with Crippen molar-refractivity contribution in [1.29, 1.82) is 0 Å². The minimum absolute atomic E-state index is 0.0106. The van der Waals surface area contributed by atoms with Gasteiger partial charge in [0.2, 0.25) is 5.91 Å². The summed E-state index contributed by atoms with van der Waals surface area (Å²) >= 11 is 5.21. The number of thiocarbonyl (C=S) groups is 1. The van der Waals surface area contributed by atoms with Gasteiger partial charge in [-0.1, -0.05) is 18.9 Å². The Hall–Kier alpha value is -1.66. The van der Waals surface area contributed by atoms with Crippen LogP contribution in [0.5, 0.6) is 5.75 Å². The van der Waals surface area contributed by atoms with Gasteiger partial charge in [-0.25, -0.2) is 0 Å². The Labute approximate surface area is 149 Å². The molecule has 5 nitrogen and oxygen atoms in total. The molecule has 2 rings (SSSR count). The number of hydrogen-bond acceptors (Lipinski definition) is 4. The largest absolute Gasteiger partial charge is 0.491 e. The zero-order chi connectivity index (χ0) is 17.2. The van der Waals surface area contributed by atoms with Crippen molar-refractivity contribution in [2.75, 3.05) is 25.1 Å². The summed E-state index contributed by atoms with van der Waals surface area (Å²) in [6, 6.07) is 7.48. The van der Waals surface area contributed by atoms with Crippen LogP contribution < -0.4 is 15.4 Å².